The van der Waals surface area contributed by atoms with Crippen LogP contribution in [0.15, 0.2) is 29.3 Å². The van der Waals surface area contributed by atoms with E-state index in [0.717, 1.165) is 9.88 Å². The lowest BCUT2D eigenvalue weighted by Crippen LogP contribution is -2.26. The Morgan fingerprint density at radius 2 is 2.19 bits per heavy atom. The molecule has 8 heteroatoms. The van der Waals surface area contributed by atoms with Crippen molar-refractivity contribution in [1.29, 1.82) is 5.26 Å². The number of hydrogen-bond acceptors (Lipinski definition) is 6. The van der Waals surface area contributed by atoms with Crippen molar-refractivity contribution in [3.63, 3.8) is 0 Å². The molecule has 110 valence electrons. The number of nitrogen functional groups attached to an aromatic ring is 1. The zero-order chi connectivity index (χ0) is 15.6. The number of rotatable bonds is 4. The van der Waals surface area contributed by atoms with E-state index in [-0.39, 0.29) is 17.1 Å². The Bertz CT molecular complexity index is 806. The number of anilines is 1. The molecule has 0 aliphatic heterocycles. The molecule has 0 unspecified atom stereocenters. The van der Waals surface area contributed by atoms with Crippen LogP contribution in [0.2, 0.25) is 0 Å². The Labute approximate surface area is 127 Å². The second-order valence-electron chi connectivity index (χ2n) is 4.47. The molecule has 2 aromatic rings. The average molecular weight is 322 g/mol. The lowest BCUT2D eigenvalue weighted by Gasteiger charge is -2.17. The minimum atomic E-state index is -3.71. The molecule has 21 heavy (non-hydrogen) atoms. The first kappa shape index (κ1) is 15.4. The van der Waals surface area contributed by atoms with Gasteiger partial charge in [0, 0.05) is 24.7 Å². The van der Waals surface area contributed by atoms with E-state index in [1.807, 2.05) is 13.0 Å². The quantitative estimate of drug-likeness (QED) is 0.864. The van der Waals surface area contributed by atoms with Crippen LogP contribution in [0.3, 0.4) is 0 Å². The molecular weight excluding hydrogens is 308 g/mol. The third-order valence-electron chi connectivity index (χ3n) is 2.87. The van der Waals surface area contributed by atoms with Gasteiger partial charge in [-0.3, -0.25) is 0 Å². The zero-order valence-corrected chi connectivity index (χ0v) is 13.2. The molecule has 1 heterocycles. The van der Waals surface area contributed by atoms with Gasteiger partial charge in [0.25, 0.3) is 0 Å². The molecule has 0 saturated carbocycles. The zero-order valence-electron chi connectivity index (χ0n) is 11.6. The molecule has 0 aliphatic carbocycles. The Morgan fingerprint density at radius 1 is 1.48 bits per heavy atom. The molecule has 2 rings (SSSR count). The van der Waals surface area contributed by atoms with Gasteiger partial charge in [-0.25, -0.2) is 13.4 Å². The Hall–Kier alpha value is -1.95. The molecule has 0 fully saturated rings. The summed E-state index contributed by atoms with van der Waals surface area (Å²) in [5.41, 5.74) is 6.15. The van der Waals surface area contributed by atoms with Crippen LogP contribution in [0, 0.1) is 18.3 Å². The van der Waals surface area contributed by atoms with Crippen LogP contribution in [0.4, 0.5) is 5.69 Å². The van der Waals surface area contributed by atoms with Gasteiger partial charge in [0.05, 0.1) is 22.3 Å². The Balaban J connectivity index is 2.31. The van der Waals surface area contributed by atoms with Gasteiger partial charge in [0.2, 0.25) is 10.0 Å². The largest absolute Gasteiger partial charge is 0.398 e. The number of aromatic nitrogens is 1. The minimum absolute atomic E-state index is 0.00485. The molecular formula is C13H14N4O2S2. The fourth-order valence-electron chi connectivity index (χ4n) is 1.80. The van der Waals surface area contributed by atoms with Crippen molar-refractivity contribution in [1.82, 2.24) is 9.29 Å². The van der Waals surface area contributed by atoms with E-state index < -0.39 is 10.0 Å². The van der Waals surface area contributed by atoms with Crippen molar-refractivity contribution in [2.24, 2.45) is 0 Å². The number of aryl methyl sites for hydroxylation is 1. The van der Waals surface area contributed by atoms with Gasteiger partial charge in [0.1, 0.15) is 4.90 Å². The second kappa shape index (κ2) is 5.81. The first-order chi connectivity index (χ1) is 9.84. The maximum absolute atomic E-state index is 12.5. The topological polar surface area (TPSA) is 100 Å². The molecule has 0 atom stereocenters. The first-order valence-corrected chi connectivity index (χ1v) is 8.27. The molecule has 0 spiro atoms. The van der Waals surface area contributed by atoms with Crippen molar-refractivity contribution in [3.8, 4) is 6.07 Å². The smallest absolute Gasteiger partial charge is 0.245 e. The number of sulfonamides is 1. The lowest BCUT2D eigenvalue weighted by molar-refractivity contribution is 0.470. The molecule has 0 bridgehead atoms. The third-order valence-corrected chi connectivity index (χ3v) is 5.65. The van der Waals surface area contributed by atoms with Crippen molar-refractivity contribution in [2.75, 3.05) is 12.8 Å². The summed E-state index contributed by atoms with van der Waals surface area (Å²) in [4.78, 5) is 4.96. The number of nitriles is 1. The monoisotopic (exact) mass is 322 g/mol. The van der Waals surface area contributed by atoms with Crippen LogP contribution in [-0.4, -0.2) is 24.8 Å². The molecule has 0 radical (unpaired) electrons. The number of benzene rings is 1. The van der Waals surface area contributed by atoms with Gasteiger partial charge in [-0.15, -0.1) is 11.3 Å². The van der Waals surface area contributed by atoms with Gasteiger partial charge in [-0.2, -0.15) is 9.57 Å². The van der Waals surface area contributed by atoms with Gasteiger partial charge >= 0.3 is 0 Å². The van der Waals surface area contributed by atoms with Gasteiger partial charge < -0.3 is 5.73 Å². The maximum atomic E-state index is 12.5. The van der Waals surface area contributed by atoms with E-state index >= 15 is 0 Å². The highest BCUT2D eigenvalue weighted by atomic mass is 32.2. The summed E-state index contributed by atoms with van der Waals surface area (Å²) in [6, 6.07) is 6.08. The van der Waals surface area contributed by atoms with Crippen molar-refractivity contribution >= 4 is 27.0 Å². The van der Waals surface area contributed by atoms with Crippen LogP contribution in [-0.2, 0) is 16.6 Å². The summed E-state index contributed by atoms with van der Waals surface area (Å²) in [7, 11) is -2.22. The molecule has 1 aromatic heterocycles. The fraction of sp³-hybridized carbons (Fsp3) is 0.231. The van der Waals surface area contributed by atoms with E-state index in [9.17, 15) is 8.42 Å². The predicted molar refractivity (Wildman–Crippen MR) is 81.1 cm³/mol. The van der Waals surface area contributed by atoms with E-state index in [0.29, 0.717) is 5.56 Å². The number of nitrogens with zero attached hydrogens (tertiary/aromatic N) is 3. The molecule has 0 amide bonds. The minimum Gasteiger partial charge on any atom is -0.398 e. The molecule has 0 aliphatic rings. The number of hydrogen-bond donors (Lipinski definition) is 1. The third kappa shape index (κ3) is 3.21. The highest BCUT2D eigenvalue weighted by Gasteiger charge is 2.24. The summed E-state index contributed by atoms with van der Waals surface area (Å²) >= 11 is 1.45. The highest BCUT2D eigenvalue weighted by molar-refractivity contribution is 7.89. The molecule has 6 nitrogen and oxygen atoms in total. The summed E-state index contributed by atoms with van der Waals surface area (Å²) < 4.78 is 26.2. The van der Waals surface area contributed by atoms with E-state index in [4.69, 9.17) is 11.0 Å². The van der Waals surface area contributed by atoms with Crippen LogP contribution in [0.25, 0.3) is 0 Å². The molecule has 0 saturated heterocycles. The molecule has 1 aromatic carbocycles. The summed E-state index contributed by atoms with van der Waals surface area (Å²) in [5, 5.41) is 9.67. The van der Waals surface area contributed by atoms with Crippen molar-refractivity contribution < 1.29 is 8.42 Å². The summed E-state index contributed by atoms with van der Waals surface area (Å²) in [6.45, 7) is 2.09. The predicted octanol–water partition coefficient (Wildman–Crippen LogP) is 1.73. The van der Waals surface area contributed by atoms with Gasteiger partial charge in [-0.1, -0.05) is 0 Å². The lowest BCUT2D eigenvalue weighted by atomic mass is 10.2. The highest BCUT2D eigenvalue weighted by Crippen LogP contribution is 2.24. The summed E-state index contributed by atoms with van der Waals surface area (Å²) in [6.07, 6.45) is 1.66. The van der Waals surface area contributed by atoms with Gasteiger partial charge in [-0.05, 0) is 25.1 Å². The Morgan fingerprint density at radius 3 is 2.71 bits per heavy atom. The van der Waals surface area contributed by atoms with E-state index in [2.05, 4.69) is 4.98 Å². The van der Waals surface area contributed by atoms with E-state index in [1.165, 1.54) is 40.9 Å². The normalized spacial score (nSPS) is 11.5. The van der Waals surface area contributed by atoms with Crippen molar-refractivity contribution in [3.05, 3.63) is 39.8 Å². The van der Waals surface area contributed by atoms with Crippen LogP contribution in [0.5, 0.6) is 0 Å². The second-order valence-corrected chi connectivity index (χ2v) is 7.80. The van der Waals surface area contributed by atoms with E-state index in [1.54, 1.807) is 6.20 Å². The van der Waals surface area contributed by atoms with Crippen molar-refractivity contribution in [2.45, 2.75) is 18.4 Å². The average Bonchev–Trinajstić information content (AvgIpc) is 2.83. The van der Waals surface area contributed by atoms with Gasteiger partial charge in [0.15, 0.2) is 0 Å². The van der Waals surface area contributed by atoms with Crippen LogP contribution < -0.4 is 5.73 Å². The first-order valence-electron chi connectivity index (χ1n) is 6.02. The standard InChI is InChI=1S/C13H14N4O2S2/c1-9-16-7-11(20-9)8-17(2)21(18,19)13-4-3-10(6-14)5-12(13)15/h3-5,7H,8,15H2,1-2H3. The summed E-state index contributed by atoms with van der Waals surface area (Å²) in [5.74, 6) is 0. The van der Waals surface area contributed by atoms with Crippen LogP contribution >= 0.6 is 11.3 Å². The molecule has 2 N–H and O–H groups in total. The SMILES string of the molecule is Cc1ncc(CN(C)S(=O)(=O)c2ccc(C#N)cc2N)s1. The maximum Gasteiger partial charge on any atom is 0.245 e. The van der Waals surface area contributed by atoms with Crippen LogP contribution in [0.1, 0.15) is 15.4 Å². The Kier molecular flexibility index (Phi) is 4.27. The number of nitrogens with two attached hydrogens (primary N) is 1. The fourth-order valence-corrected chi connectivity index (χ4v) is 3.98. The number of thiazole rings is 1.